The van der Waals surface area contributed by atoms with Crippen LogP contribution in [0.1, 0.15) is 34.9 Å². The van der Waals surface area contributed by atoms with E-state index in [0.717, 1.165) is 19.2 Å². The number of carbonyl (C=O) groups is 3. The van der Waals surface area contributed by atoms with E-state index < -0.39 is 47.2 Å². The number of hydrogen-bond donors (Lipinski definition) is 1. The highest BCUT2D eigenvalue weighted by Gasteiger charge is 2.51. The van der Waals surface area contributed by atoms with E-state index in [-0.39, 0.29) is 29.1 Å². The summed E-state index contributed by atoms with van der Waals surface area (Å²) in [5.41, 5.74) is 7.26. The number of carbonyl (C=O) groups excluding carboxylic acids is 3. The zero-order valence-corrected chi connectivity index (χ0v) is 23.9. The molecule has 228 valence electrons. The number of halogens is 3. The number of nitrogens with two attached hydrogens (primary N) is 1. The van der Waals surface area contributed by atoms with Gasteiger partial charge in [0.15, 0.2) is 5.78 Å². The van der Waals surface area contributed by atoms with E-state index in [1.165, 1.54) is 43.6 Å². The second kappa shape index (κ2) is 11.9. The predicted octanol–water partition coefficient (Wildman–Crippen LogP) is 4.86. The lowest BCUT2D eigenvalue weighted by Gasteiger charge is -2.44. The molecule has 2 N–H and O–H groups in total. The molecule has 2 heterocycles. The van der Waals surface area contributed by atoms with Gasteiger partial charge in [0.2, 0.25) is 0 Å². The van der Waals surface area contributed by atoms with Crippen LogP contribution in [0.4, 0.5) is 18.9 Å². The predicted molar refractivity (Wildman–Crippen MR) is 152 cm³/mol. The Morgan fingerprint density at radius 1 is 0.955 bits per heavy atom. The number of Topliss-reactive ketones (excluding diaryl/α,β-unsaturated/α-hetero) is 1. The molecule has 1 aromatic heterocycles. The number of ether oxygens (including phenoxy) is 3. The largest absolute Gasteiger partial charge is 0.497 e. The molecular weight excluding hydrogens is 579 g/mol. The maximum Gasteiger partial charge on any atom is 0.416 e. The number of esters is 2. The first kappa shape index (κ1) is 30.3. The lowest BCUT2D eigenvalue weighted by atomic mass is 9.67. The van der Waals surface area contributed by atoms with Crippen molar-refractivity contribution in [3.05, 3.63) is 112 Å². The van der Waals surface area contributed by atoms with E-state index in [2.05, 4.69) is 4.98 Å². The first-order chi connectivity index (χ1) is 21.0. The molecule has 2 aromatic carbocycles. The van der Waals surface area contributed by atoms with Crippen molar-refractivity contribution in [3.63, 3.8) is 0 Å². The molecular formula is C32H28F3N3O6. The van der Waals surface area contributed by atoms with Gasteiger partial charge in [-0.05, 0) is 60.0 Å². The Labute approximate surface area is 250 Å². The number of anilines is 1. The SMILES string of the molecule is COC(=O)C1=C(N)N(c2ccc(C(F)(F)F)cc2)C2=C(C(=O)[C@H](C(=O)OC)[C@H](c3ccc(OC)cc3)C2)[C@H]1c1cccnc1. The average Bonchev–Trinajstić information content (AvgIpc) is 3.03. The van der Waals surface area contributed by atoms with Crippen LogP contribution in [0.15, 0.2) is 95.7 Å². The molecule has 5 rings (SSSR count). The number of nitrogens with zero attached hydrogens (tertiary/aromatic N) is 2. The summed E-state index contributed by atoms with van der Waals surface area (Å²) < 4.78 is 55.7. The Morgan fingerprint density at radius 2 is 1.64 bits per heavy atom. The van der Waals surface area contributed by atoms with Crippen LogP contribution in [0.25, 0.3) is 0 Å². The van der Waals surface area contributed by atoms with E-state index in [1.54, 1.807) is 36.4 Å². The van der Waals surface area contributed by atoms with Crippen molar-refractivity contribution in [1.82, 2.24) is 4.98 Å². The number of aromatic nitrogens is 1. The number of ketones is 1. The van der Waals surface area contributed by atoms with Crippen molar-refractivity contribution in [2.45, 2.75) is 24.4 Å². The van der Waals surface area contributed by atoms with Gasteiger partial charge >= 0.3 is 18.1 Å². The van der Waals surface area contributed by atoms with Crippen LogP contribution in [0.5, 0.6) is 5.75 Å². The molecule has 0 saturated heterocycles. The Bertz CT molecular complexity index is 1650. The standard InChI is InChI=1S/C32H28F3N3O6/c1-42-21-12-6-17(7-13-21)22-15-23-26(28(39)25(22)30(40)43-2)24(18-5-4-14-37-16-18)27(31(41)44-3)29(36)38(23)20-10-8-19(9-11-20)32(33,34)35/h4-14,16,22,24-25H,15,36H2,1-3H3/t22-,24+,25+/m0/s1. The quantitative estimate of drug-likeness (QED) is 0.310. The fourth-order valence-electron chi connectivity index (χ4n) is 5.87. The monoisotopic (exact) mass is 607 g/mol. The van der Waals surface area contributed by atoms with E-state index in [4.69, 9.17) is 19.9 Å². The second-order valence-electron chi connectivity index (χ2n) is 10.2. The molecule has 9 nitrogen and oxygen atoms in total. The van der Waals surface area contributed by atoms with Crippen molar-refractivity contribution in [3.8, 4) is 5.75 Å². The van der Waals surface area contributed by atoms with Gasteiger partial charge in [0, 0.05) is 35.3 Å². The lowest BCUT2D eigenvalue weighted by molar-refractivity contribution is -0.150. The van der Waals surface area contributed by atoms with Gasteiger partial charge in [0.25, 0.3) is 0 Å². The minimum Gasteiger partial charge on any atom is -0.497 e. The first-order valence-corrected chi connectivity index (χ1v) is 13.5. The number of benzene rings is 2. The molecule has 2 aliphatic rings. The van der Waals surface area contributed by atoms with Crippen molar-refractivity contribution >= 4 is 23.4 Å². The van der Waals surface area contributed by atoms with Crippen molar-refractivity contribution in [2.24, 2.45) is 11.7 Å². The van der Waals surface area contributed by atoms with Gasteiger partial charge in [-0.3, -0.25) is 19.5 Å². The summed E-state index contributed by atoms with van der Waals surface area (Å²) in [7, 11) is 3.83. The Morgan fingerprint density at radius 3 is 2.18 bits per heavy atom. The molecule has 0 saturated carbocycles. The number of rotatable bonds is 6. The van der Waals surface area contributed by atoms with Crippen LogP contribution in [-0.2, 0) is 30.0 Å². The van der Waals surface area contributed by atoms with Crippen LogP contribution in [-0.4, -0.2) is 44.0 Å². The summed E-state index contributed by atoms with van der Waals surface area (Å²) in [6.07, 6.45) is -1.57. The van der Waals surface area contributed by atoms with E-state index in [1.807, 2.05) is 0 Å². The molecule has 3 aromatic rings. The molecule has 0 amide bonds. The summed E-state index contributed by atoms with van der Waals surface area (Å²) in [6.45, 7) is 0. The zero-order chi connectivity index (χ0) is 31.8. The smallest absolute Gasteiger partial charge is 0.416 e. The van der Waals surface area contributed by atoms with Crippen LogP contribution in [0.2, 0.25) is 0 Å². The summed E-state index contributed by atoms with van der Waals surface area (Å²) in [5.74, 6) is -5.00. The van der Waals surface area contributed by atoms with Gasteiger partial charge in [-0.1, -0.05) is 18.2 Å². The minimum atomic E-state index is -4.59. The topological polar surface area (TPSA) is 121 Å². The average molecular weight is 608 g/mol. The van der Waals surface area contributed by atoms with Crippen LogP contribution in [0, 0.1) is 5.92 Å². The normalized spacial score (nSPS) is 20.3. The summed E-state index contributed by atoms with van der Waals surface area (Å²) >= 11 is 0. The fraction of sp³-hybridized carbons (Fsp3) is 0.250. The molecule has 44 heavy (non-hydrogen) atoms. The molecule has 12 heteroatoms. The number of allylic oxidation sites excluding steroid dienone is 2. The van der Waals surface area contributed by atoms with E-state index >= 15 is 0 Å². The Balaban J connectivity index is 1.79. The van der Waals surface area contributed by atoms with Gasteiger partial charge in [-0.25, -0.2) is 4.79 Å². The summed E-state index contributed by atoms with van der Waals surface area (Å²) in [4.78, 5) is 46.7. The fourth-order valence-corrected chi connectivity index (χ4v) is 5.87. The van der Waals surface area contributed by atoms with Crippen LogP contribution < -0.4 is 15.4 Å². The van der Waals surface area contributed by atoms with E-state index in [9.17, 15) is 27.6 Å². The number of pyridine rings is 1. The van der Waals surface area contributed by atoms with Gasteiger partial charge in [0.05, 0.1) is 38.4 Å². The first-order valence-electron chi connectivity index (χ1n) is 13.5. The molecule has 1 aliphatic heterocycles. The maximum absolute atomic E-state index is 14.6. The van der Waals surface area contributed by atoms with Gasteiger partial charge in [-0.2, -0.15) is 13.2 Å². The number of alkyl halides is 3. The summed E-state index contributed by atoms with van der Waals surface area (Å²) in [5, 5.41) is 0. The Hall–Kier alpha value is -5.13. The molecule has 0 unspecified atom stereocenters. The third kappa shape index (κ3) is 5.27. The molecule has 1 aliphatic carbocycles. The highest BCUT2D eigenvalue weighted by molar-refractivity contribution is 6.14. The van der Waals surface area contributed by atoms with Crippen LogP contribution in [0.3, 0.4) is 0 Å². The van der Waals surface area contributed by atoms with Crippen molar-refractivity contribution in [2.75, 3.05) is 26.2 Å². The number of hydrogen-bond acceptors (Lipinski definition) is 9. The van der Waals surface area contributed by atoms with Crippen molar-refractivity contribution < 1.29 is 41.8 Å². The van der Waals surface area contributed by atoms with Crippen LogP contribution >= 0.6 is 0 Å². The lowest BCUT2D eigenvalue weighted by Crippen LogP contribution is -2.46. The molecule has 0 fully saturated rings. The zero-order valence-electron chi connectivity index (χ0n) is 23.9. The highest BCUT2D eigenvalue weighted by atomic mass is 19.4. The summed E-state index contributed by atoms with van der Waals surface area (Å²) in [6, 6.07) is 14.3. The molecule has 0 spiro atoms. The van der Waals surface area contributed by atoms with Gasteiger partial charge in [0.1, 0.15) is 17.5 Å². The van der Waals surface area contributed by atoms with E-state index in [0.29, 0.717) is 22.6 Å². The highest BCUT2D eigenvalue weighted by Crippen LogP contribution is 2.51. The molecule has 3 atom stereocenters. The van der Waals surface area contributed by atoms with Gasteiger partial charge in [-0.15, -0.1) is 0 Å². The van der Waals surface area contributed by atoms with Crippen molar-refractivity contribution in [1.29, 1.82) is 0 Å². The Kier molecular flexibility index (Phi) is 8.18. The number of methoxy groups -OCH3 is 3. The second-order valence-corrected chi connectivity index (χ2v) is 10.2. The molecule has 0 radical (unpaired) electrons. The van der Waals surface area contributed by atoms with Gasteiger partial charge < -0.3 is 19.9 Å². The maximum atomic E-state index is 14.6. The third-order valence-electron chi connectivity index (χ3n) is 7.91. The third-order valence-corrected chi connectivity index (χ3v) is 7.91. The molecule has 0 bridgehead atoms. The minimum absolute atomic E-state index is 0.0418.